The number of nitrogens with zero attached hydrogens (tertiary/aromatic N) is 2. The van der Waals surface area contributed by atoms with E-state index in [4.69, 9.17) is 4.74 Å². The molecule has 1 aliphatic heterocycles. The van der Waals surface area contributed by atoms with Gasteiger partial charge < -0.3 is 4.74 Å². The fourth-order valence-corrected chi connectivity index (χ4v) is 3.53. The third-order valence-corrected chi connectivity index (χ3v) is 5.09. The fourth-order valence-electron chi connectivity index (χ4n) is 3.53. The molecule has 0 aromatic heterocycles. The molecule has 142 valence electrons. The molecule has 0 bridgehead atoms. The standard InChI is InChI=1S/C23H28N2O2/c1-27-23(26)19-22(21-12-6-3-7-13-21)25-17-15-24(16-18-25)14-8-11-20-9-4-2-5-10-20/h2-13,22H,14-19H2,1H3/b11-8+. The van der Waals surface area contributed by atoms with Crippen LogP contribution in [-0.2, 0) is 9.53 Å². The van der Waals surface area contributed by atoms with Gasteiger partial charge in [-0.3, -0.25) is 14.6 Å². The summed E-state index contributed by atoms with van der Waals surface area (Å²) in [6.45, 7) is 4.87. The number of methoxy groups -OCH3 is 1. The van der Waals surface area contributed by atoms with Gasteiger partial charge >= 0.3 is 5.97 Å². The van der Waals surface area contributed by atoms with Gasteiger partial charge in [0.15, 0.2) is 0 Å². The number of carbonyl (C=O) groups is 1. The highest BCUT2D eigenvalue weighted by Gasteiger charge is 2.26. The van der Waals surface area contributed by atoms with E-state index >= 15 is 0 Å². The number of rotatable bonds is 7. The van der Waals surface area contributed by atoms with Crippen molar-refractivity contribution in [3.8, 4) is 0 Å². The molecular weight excluding hydrogens is 336 g/mol. The summed E-state index contributed by atoms with van der Waals surface area (Å²) >= 11 is 0. The second-order valence-electron chi connectivity index (χ2n) is 6.86. The lowest BCUT2D eigenvalue weighted by Crippen LogP contribution is -2.47. The molecule has 0 spiro atoms. The number of piperazine rings is 1. The Morgan fingerprint density at radius 3 is 2.26 bits per heavy atom. The van der Waals surface area contributed by atoms with E-state index in [0.29, 0.717) is 6.42 Å². The first-order chi connectivity index (χ1) is 13.3. The number of carbonyl (C=O) groups excluding carboxylic acids is 1. The molecule has 2 aromatic carbocycles. The van der Waals surface area contributed by atoms with E-state index in [1.165, 1.54) is 18.2 Å². The molecule has 4 nitrogen and oxygen atoms in total. The lowest BCUT2D eigenvalue weighted by atomic mass is 10.0. The Morgan fingerprint density at radius 1 is 1.00 bits per heavy atom. The van der Waals surface area contributed by atoms with Crippen LogP contribution in [0.2, 0.25) is 0 Å². The van der Waals surface area contributed by atoms with Crippen LogP contribution in [0.25, 0.3) is 6.08 Å². The fraction of sp³-hybridized carbons (Fsp3) is 0.348. The molecule has 1 aliphatic rings. The van der Waals surface area contributed by atoms with Crippen LogP contribution in [0.1, 0.15) is 23.6 Å². The molecule has 1 atom stereocenters. The van der Waals surface area contributed by atoms with Crippen molar-refractivity contribution >= 4 is 12.0 Å². The van der Waals surface area contributed by atoms with Gasteiger partial charge in [-0.1, -0.05) is 72.8 Å². The Balaban J connectivity index is 1.55. The van der Waals surface area contributed by atoms with Crippen LogP contribution in [0, 0.1) is 0 Å². The minimum atomic E-state index is -0.155. The van der Waals surface area contributed by atoms with Crippen molar-refractivity contribution < 1.29 is 9.53 Å². The van der Waals surface area contributed by atoms with Crippen molar-refractivity contribution in [2.45, 2.75) is 12.5 Å². The summed E-state index contributed by atoms with van der Waals surface area (Å²) < 4.78 is 4.92. The largest absolute Gasteiger partial charge is 0.469 e. The third kappa shape index (κ3) is 5.78. The molecule has 1 saturated heterocycles. The monoisotopic (exact) mass is 364 g/mol. The minimum absolute atomic E-state index is 0.0839. The van der Waals surface area contributed by atoms with Crippen molar-refractivity contribution in [1.82, 2.24) is 9.80 Å². The van der Waals surface area contributed by atoms with E-state index < -0.39 is 0 Å². The van der Waals surface area contributed by atoms with E-state index in [9.17, 15) is 4.79 Å². The smallest absolute Gasteiger partial charge is 0.307 e. The van der Waals surface area contributed by atoms with Crippen LogP contribution in [0.5, 0.6) is 0 Å². The molecule has 1 heterocycles. The summed E-state index contributed by atoms with van der Waals surface area (Å²) in [6, 6.07) is 20.7. The molecule has 2 aromatic rings. The predicted molar refractivity (Wildman–Crippen MR) is 109 cm³/mol. The molecule has 3 rings (SSSR count). The van der Waals surface area contributed by atoms with E-state index in [2.05, 4.69) is 58.4 Å². The van der Waals surface area contributed by atoms with Crippen molar-refractivity contribution in [2.75, 3.05) is 39.8 Å². The zero-order chi connectivity index (χ0) is 18.9. The zero-order valence-electron chi connectivity index (χ0n) is 16.0. The summed E-state index contributed by atoms with van der Waals surface area (Å²) in [4.78, 5) is 16.8. The highest BCUT2D eigenvalue weighted by molar-refractivity contribution is 5.70. The summed E-state index contributed by atoms with van der Waals surface area (Å²) in [6.07, 6.45) is 4.80. The summed E-state index contributed by atoms with van der Waals surface area (Å²) in [5, 5.41) is 0. The van der Waals surface area contributed by atoms with Gasteiger partial charge in [0.1, 0.15) is 0 Å². The third-order valence-electron chi connectivity index (χ3n) is 5.09. The van der Waals surface area contributed by atoms with Crippen LogP contribution in [-0.4, -0.2) is 55.6 Å². The molecule has 27 heavy (non-hydrogen) atoms. The molecule has 1 fully saturated rings. The van der Waals surface area contributed by atoms with Gasteiger partial charge in [0, 0.05) is 38.8 Å². The van der Waals surface area contributed by atoms with Gasteiger partial charge in [-0.05, 0) is 11.1 Å². The maximum atomic E-state index is 11.9. The summed E-state index contributed by atoms with van der Waals surface area (Å²) in [7, 11) is 1.46. The second kappa shape index (κ2) is 10.0. The number of benzene rings is 2. The molecule has 0 aliphatic carbocycles. The maximum absolute atomic E-state index is 11.9. The normalized spacial score (nSPS) is 17.1. The van der Waals surface area contributed by atoms with Crippen molar-refractivity contribution in [1.29, 1.82) is 0 Å². The van der Waals surface area contributed by atoms with E-state index in [1.54, 1.807) is 0 Å². The lowest BCUT2D eigenvalue weighted by Gasteiger charge is -2.39. The average molecular weight is 364 g/mol. The van der Waals surface area contributed by atoms with Crippen molar-refractivity contribution in [3.63, 3.8) is 0 Å². The van der Waals surface area contributed by atoms with E-state index in [1.807, 2.05) is 24.3 Å². The first kappa shape index (κ1) is 19.3. The first-order valence-corrected chi connectivity index (χ1v) is 9.56. The second-order valence-corrected chi connectivity index (χ2v) is 6.86. The van der Waals surface area contributed by atoms with E-state index in [0.717, 1.165) is 32.7 Å². The number of hydrogen-bond donors (Lipinski definition) is 0. The minimum Gasteiger partial charge on any atom is -0.469 e. The highest BCUT2D eigenvalue weighted by atomic mass is 16.5. The number of ether oxygens (including phenoxy) is 1. The lowest BCUT2D eigenvalue weighted by molar-refractivity contribution is -0.142. The van der Waals surface area contributed by atoms with Gasteiger partial charge in [0.05, 0.1) is 13.5 Å². The van der Waals surface area contributed by atoms with Gasteiger partial charge in [0.25, 0.3) is 0 Å². The van der Waals surface area contributed by atoms with Crippen LogP contribution < -0.4 is 0 Å². The Kier molecular flexibility index (Phi) is 7.19. The number of esters is 1. The molecule has 1 unspecified atom stereocenters. The first-order valence-electron chi connectivity index (χ1n) is 9.56. The van der Waals surface area contributed by atoms with Crippen LogP contribution in [0.3, 0.4) is 0 Å². The average Bonchev–Trinajstić information content (AvgIpc) is 2.74. The Labute approximate surface area is 162 Å². The molecule has 0 N–H and O–H groups in total. The topological polar surface area (TPSA) is 32.8 Å². The molecular formula is C23H28N2O2. The van der Waals surface area contributed by atoms with Crippen LogP contribution in [0.4, 0.5) is 0 Å². The molecule has 0 amide bonds. The summed E-state index contributed by atoms with van der Waals surface area (Å²) in [5.74, 6) is -0.155. The van der Waals surface area contributed by atoms with Crippen molar-refractivity contribution in [2.24, 2.45) is 0 Å². The Morgan fingerprint density at radius 2 is 1.63 bits per heavy atom. The summed E-state index contributed by atoms with van der Waals surface area (Å²) in [5.41, 5.74) is 2.42. The van der Waals surface area contributed by atoms with Gasteiger partial charge in [-0.15, -0.1) is 0 Å². The van der Waals surface area contributed by atoms with Gasteiger partial charge in [0.2, 0.25) is 0 Å². The molecule has 0 radical (unpaired) electrons. The SMILES string of the molecule is COC(=O)CC(c1ccccc1)N1CCN(C/C=C/c2ccccc2)CC1. The van der Waals surface area contributed by atoms with E-state index in [-0.39, 0.29) is 12.0 Å². The predicted octanol–water partition coefficient (Wildman–Crippen LogP) is 3.62. The van der Waals surface area contributed by atoms with Crippen molar-refractivity contribution in [3.05, 3.63) is 77.9 Å². The molecule has 4 heteroatoms. The Hall–Kier alpha value is -2.43. The van der Waals surface area contributed by atoms with Crippen LogP contribution in [0.15, 0.2) is 66.7 Å². The molecule has 0 saturated carbocycles. The van der Waals surface area contributed by atoms with Gasteiger partial charge in [-0.25, -0.2) is 0 Å². The van der Waals surface area contributed by atoms with Gasteiger partial charge in [-0.2, -0.15) is 0 Å². The Bertz CT molecular complexity index is 723. The number of hydrogen-bond acceptors (Lipinski definition) is 4. The zero-order valence-corrected chi connectivity index (χ0v) is 16.0. The van der Waals surface area contributed by atoms with Crippen LogP contribution >= 0.6 is 0 Å². The highest BCUT2D eigenvalue weighted by Crippen LogP contribution is 2.26. The quantitative estimate of drug-likeness (QED) is 0.703. The maximum Gasteiger partial charge on any atom is 0.307 e.